The number of carbonyl (C=O) groups is 1. The van der Waals surface area contributed by atoms with Crippen molar-refractivity contribution in [2.24, 2.45) is 0 Å². The Morgan fingerprint density at radius 2 is 1.88 bits per heavy atom. The van der Waals surface area contributed by atoms with Gasteiger partial charge in [0, 0.05) is 34.3 Å². The molecule has 0 aliphatic carbocycles. The fraction of sp³-hybridized carbons (Fsp3) is 0.240. The summed E-state index contributed by atoms with van der Waals surface area (Å²) in [4.78, 5) is 32.0. The van der Waals surface area contributed by atoms with Gasteiger partial charge in [-0.2, -0.15) is 0 Å². The third-order valence-electron chi connectivity index (χ3n) is 5.74. The van der Waals surface area contributed by atoms with Gasteiger partial charge < -0.3 is 15.0 Å². The summed E-state index contributed by atoms with van der Waals surface area (Å²) >= 11 is 0. The molecule has 0 bridgehead atoms. The Bertz CT molecular complexity index is 1510. The highest BCUT2D eigenvalue weighted by Gasteiger charge is 2.18. The number of aromatic nitrogens is 2. The van der Waals surface area contributed by atoms with Crippen LogP contribution in [0.4, 0.5) is 0 Å². The smallest absolute Gasteiger partial charge is 0.263 e. The molecule has 162 valence electrons. The molecule has 3 aromatic heterocycles. The van der Waals surface area contributed by atoms with E-state index in [0.717, 1.165) is 45.7 Å². The van der Waals surface area contributed by atoms with E-state index in [1.165, 1.54) is 0 Å². The number of carbonyl (C=O) groups excluding carboxylic acids is 1. The zero-order valence-electron chi connectivity index (χ0n) is 18.1. The predicted octanol–water partition coefficient (Wildman–Crippen LogP) is 3.04. The Labute approximate surface area is 184 Å². The Morgan fingerprint density at radius 1 is 1.06 bits per heavy atom. The molecule has 0 fully saturated rings. The first-order chi connectivity index (χ1) is 15.5. The van der Waals surface area contributed by atoms with Crippen molar-refractivity contribution >= 4 is 44.0 Å². The third-order valence-corrected chi connectivity index (χ3v) is 5.74. The van der Waals surface area contributed by atoms with E-state index in [2.05, 4.69) is 15.2 Å². The van der Waals surface area contributed by atoms with Crippen molar-refractivity contribution in [3.8, 4) is 5.75 Å². The summed E-state index contributed by atoms with van der Waals surface area (Å²) < 4.78 is 7.48. The van der Waals surface area contributed by atoms with E-state index in [1.54, 1.807) is 16.7 Å². The molecule has 7 heteroatoms. The zero-order chi connectivity index (χ0) is 22.2. The zero-order valence-corrected chi connectivity index (χ0v) is 18.1. The minimum absolute atomic E-state index is 0.0523. The average Bonchev–Trinajstić information content (AvgIpc) is 3.13. The van der Waals surface area contributed by atoms with Gasteiger partial charge in [0.15, 0.2) is 6.61 Å². The van der Waals surface area contributed by atoms with Crippen LogP contribution in [0.1, 0.15) is 6.42 Å². The van der Waals surface area contributed by atoms with Crippen molar-refractivity contribution in [2.45, 2.75) is 6.42 Å². The molecule has 0 saturated heterocycles. The van der Waals surface area contributed by atoms with Gasteiger partial charge in [-0.05, 0) is 57.4 Å². The van der Waals surface area contributed by atoms with Crippen LogP contribution >= 0.6 is 0 Å². The van der Waals surface area contributed by atoms with Gasteiger partial charge in [-0.3, -0.25) is 19.0 Å². The molecular formula is C25H24N4O3. The maximum Gasteiger partial charge on any atom is 0.263 e. The van der Waals surface area contributed by atoms with E-state index >= 15 is 0 Å². The maximum atomic E-state index is 13.3. The number of hydrogen-bond donors (Lipinski definition) is 1. The van der Waals surface area contributed by atoms with Crippen LogP contribution < -0.4 is 15.6 Å². The van der Waals surface area contributed by atoms with E-state index in [9.17, 15) is 9.59 Å². The first-order valence-electron chi connectivity index (χ1n) is 10.7. The highest BCUT2D eigenvalue weighted by atomic mass is 16.5. The van der Waals surface area contributed by atoms with Gasteiger partial charge in [-0.15, -0.1) is 0 Å². The number of nitrogens with zero attached hydrogens (tertiary/aromatic N) is 3. The van der Waals surface area contributed by atoms with E-state index in [0.29, 0.717) is 17.7 Å². The average molecular weight is 428 g/mol. The Morgan fingerprint density at radius 3 is 2.69 bits per heavy atom. The first kappa shape index (κ1) is 20.2. The van der Waals surface area contributed by atoms with Crippen LogP contribution in [0, 0.1) is 0 Å². The number of hydrogen-bond acceptors (Lipinski definition) is 5. The van der Waals surface area contributed by atoms with Crippen molar-refractivity contribution in [1.29, 1.82) is 0 Å². The summed E-state index contributed by atoms with van der Waals surface area (Å²) in [7, 11) is 4.01. The molecule has 0 spiro atoms. The van der Waals surface area contributed by atoms with E-state index < -0.39 is 0 Å². The van der Waals surface area contributed by atoms with Crippen molar-refractivity contribution in [3.63, 3.8) is 0 Å². The van der Waals surface area contributed by atoms with Crippen molar-refractivity contribution in [1.82, 2.24) is 19.6 Å². The molecule has 0 radical (unpaired) electrons. The molecule has 1 N–H and O–H groups in total. The molecule has 32 heavy (non-hydrogen) atoms. The van der Waals surface area contributed by atoms with E-state index in [-0.39, 0.29) is 18.1 Å². The molecular weight excluding hydrogens is 404 g/mol. The van der Waals surface area contributed by atoms with Crippen molar-refractivity contribution in [2.75, 3.05) is 33.8 Å². The monoisotopic (exact) mass is 428 g/mol. The molecule has 0 aliphatic heterocycles. The van der Waals surface area contributed by atoms with Crippen LogP contribution in [0.2, 0.25) is 0 Å². The number of pyridine rings is 2. The van der Waals surface area contributed by atoms with E-state index in [4.69, 9.17) is 4.74 Å². The quantitative estimate of drug-likeness (QED) is 0.319. The number of rotatable bonds is 7. The lowest BCUT2D eigenvalue weighted by atomic mass is 10.1. The highest BCUT2D eigenvalue weighted by Crippen LogP contribution is 2.34. The van der Waals surface area contributed by atoms with Crippen LogP contribution in [0.15, 0.2) is 59.5 Å². The summed E-state index contributed by atoms with van der Waals surface area (Å²) in [5.41, 5.74) is 2.34. The van der Waals surface area contributed by atoms with Crippen LogP contribution in [-0.4, -0.2) is 54.0 Å². The van der Waals surface area contributed by atoms with Crippen LogP contribution in [0.3, 0.4) is 0 Å². The minimum atomic E-state index is -0.152. The summed E-state index contributed by atoms with van der Waals surface area (Å²) in [5.74, 6) is 0.434. The highest BCUT2D eigenvalue weighted by molar-refractivity contribution is 6.18. The van der Waals surface area contributed by atoms with E-state index in [1.807, 2.05) is 56.6 Å². The Kier molecular flexibility index (Phi) is 5.11. The second-order valence-corrected chi connectivity index (χ2v) is 8.22. The second kappa shape index (κ2) is 8.09. The fourth-order valence-corrected chi connectivity index (χ4v) is 4.26. The standard InChI is InChI=1S/C25H24N4O3/c1-28(2)13-5-11-26-22(30)15-32-16-8-9-21-20(14-16)18-10-12-27-23-17-6-3-4-7-19(17)25(31)29(21)24(18)23/h3-4,6-10,12,14H,5,11,13,15H2,1-2H3,(H,26,30). The van der Waals surface area contributed by atoms with Gasteiger partial charge >= 0.3 is 0 Å². The molecule has 3 heterocycles. The summed E-state index contributed by atoms with van der Waals surface area (Å²) in [6, 6.07) is 15.0. The normalized spacial score (nSPS) is 11.8. The lowest BCUT2D eigenvalue weighted by Gasteiger charge is -2.10. The summed E-state index contributed by atoms with van der Waals surface area (Å²) in [5, 5.41) is 6.20. The van der Waals surface area contributed by atoms with Gasteiger partial charge in [0.05, 0.1) is 16.6 Å². The number of fused-ring (bicyclic) bond motifs is 5. The van der Waals surface area contributed by atoms with Gasteiger partial charge in [0.25, 0.3) is 11.5 Å². The summed E-state index contributed by atoms with van der Waals surface area (Å²) in [6.07, 6.45) is 2.65. The molecule has 0 saturated carbocycles. The fourth-order valence-electron chi connectivity index (χ4n) is 4.26. The largest absolute Gasteiger partial charge is 0.484 e. The Balaban J connectivity index is 1.49. The number of ether oxygens (including phenoxy) is 1. The number of benzene rings is 2. The third kappa shape index (κ3) is 3.40. The predicted molar refractivity (Wildman–Crippen MR) is 127 cm³/mol. The molecule has 7 nitrogen and oxygen atoms in total. The lowest BCUT2D eigenvalue weighted by Crippen LogP contribution is -2.31. The van der Waals surface area contributed by atoms with Crippen molar-refractivity contribution < 1.29 is 9.53 Å². The molecule has 0 atom stereocenters. The first-order valence-corrected chi connectivity index (χ1v) is 10.7. The number of amides is 1. The number of nitrogens with one attached hydrogen (secondary N) is 1. The molecule has 5 rings (SSSR count). The van der Waals surface area contributed by atoms with Crippen molar-refractivity contribution in [3.05, 3.63) is 65.1 Å². The topological polar surface area (TPSA) is 75.9 Å². The molecule has 1 amide bonds. The lowest BCUT2D eigenvalue weighted by molar-refractivity contribution is -0.123. The Hall–Kier alpha value is -3.71. The molecule has 0 aliphatic rings. The molecule has 5 aromatic rings. The van der Waals surface area contributed by atoms with Crippen LogP contribution in [0.25, 0.3) is 38.1 Å². The molecule has 0 unspecified atom stereocenters. The van der Waals surface area contributed by atoms with Gasteiger partial charge in [-0.25, -0.2) is 0 Å². The second-order valence-electron chi connectivity index (χ2n) is 8.22. The van der Waals surface area contributed by atoms with Gasteiger partial charge in [-0.1, -0.05) is 18.2 Å². The van der Waals surface area contributed by atoms with Gasteiger partial charge in [0.2, 0.25) is 0 Å². The molecule has 2 aromatic carbocycles. The van der Waals surface area contributed by atoms with Crippen LogP contribution in [-0.2, 0) is 4.79 Å². The SMILES string of the molecule is CN(C)CCCNC(=O)COc1ccc2c(c1)c1ccnc3c4ccccc4c(=O)n2c13. The minimum Gasteiger partial charge on any atom is -0.484 e. The van der Waals surface area contributed by atoms with Crippen LogP contribution in [0.5, 0.6) is 5.75 Å². The van der Waals surface area contributed by atoms with Gasteiger partial charge in [0.1, 0.15) is 5.75 Å². The maximum absolute atomic E-state index is 13.3. The summed E-state index contributed by atoms with van der Waals surface area (Å²) in [6.45, 7) is 1.48.